The summed E-state index contributed by atoms with van der Waals surface area (Å²) in [5, 5.41) is 0. The third-order valence-electron chi connectivity index (χ3n) is 6.17. The van der Waals surface area contributed by atoms with Crippen LogP contribution in [0, 0.1) is 11.8 Å². The number of carbonyl (C=O) groups is 1. The third kappa shape index (κ3) is 7.74. The quantitative estimate of drug-likeness (QED) is 0.233. The van der Waals surface area contributed by atoms with Gasteiger partial charge in [0.2, 0.25) is 0 Å². The lowest BCUT2D eigenvalue weighted by molar-refractivity contribution is -0.117. The molecule has 0 fully saturated rings. The Hall–Kier alpha value is -1.89. The van der Waals surface area contributed by atoms with Crippen LogP contribution >= 0.6 is 0 Å². The van der Waals surface area contributed by atoms with E-state index in [0.717, 1.165) is 42.7 Å². The van der Waals surface area contributed by atoms with E-state index >= 15 is 0 Å². The first kappa shape index (κ1) is 26.1. The standard InChI is InChI=1S/C29H44O/c1-9-12-13-18-25(11-3)24(8)27-20-26(23(7)10-2)28(29(27)30)19-22(6)17-15-14-16-21(4)5/h9,12-13,18-19,21,27H,7,10-11,14-17,20H2,1-6,8H3/b12-9-,18-13-,22-19+,25-24-. The van der Waals surface area contributed by atoms with Crippen molar-refractivity contribution in [2.75, 3.05) is 0 Å². The molecular weight excluding hydrogens is 364 g/mol. The molecule has 0 saturated carbocycles. The molecule has 0 heterocycles. The molecule has 1 atom stereocenters. The van der Waals surface area contributed by atoms with E-state index in [1.807, 2.05) is 19.1 Å². The number of Topliss-reactive ketones (excluding diaryl/α,β-unsaturated/α-hetero) is 1. The van der Waals surface area contributed by atoms with Crippen LogP contribution in [0.15, 0.2) is 70.4 Å². The SMILES string of the molecule is C=C(CC)C1=C(/C=C(\C)CCCCC(C)C)C(=O)C(\C(C)=C(/C=C\C=C/C)CC)C1. The molecule has 0 radical (unpaired) electrons. The van der Waals surface area contributed by atoms with E-state index in [-0.39, 0.29) is 11.7 Å². The van der Waals surface area contributed by atoms with Crippen LogP contribution in [0.3, 0.4) is 0 Å². The highest BCUT2D eigenvalue weighted by molar-refractivity contribution is 6.05. The Bertz CT molecular complexity index is 749. The number of unbranched alkanes of at least 4 members (excludes halogenated alkanes) is 1. The zero-order valence-electron chi connectivity index (χ0n) is 20.6. The van der Waals surface area contributed by atoms with Gasteiger partial charge >= 0.3 is 0 Å². The average molecular weight is 409 g/mol. The maximum absolute atomic E-state index is 13.5. The molecule has 1 heteroatoms. The first-order valence-corrected chi connectivity index (χ1v) is 11.9. The van der Waals surface area contributed by atoms with Crippen molar-refractivity contribution in [3.63, 3.8) is 0 Å². The molecule has 1 aliphatic rings. The van der Waals surface area contributed by atoms with Crippen molar-refractivity contribution in [2.24, 2.45) is 11.8 Å². The number of hydrogen-bond acceptors (Lipinski definition) is 1. The highest BCUT2D eigenvalue weighted by Gasteiger charge is 2.34. The minimum atomic E-state index is -0.0477. The zero-order valence-corrected chi connectivity index (χ0v) is 20.6. The predicted molar refractivity (Wildman–Crippen MR) is 134 cm³/mol. The maximum atomic E-state index is 13.5. The number of allylic oxidation sites excluding steroid dienone is 11. The van der Waals surface area contributed by atoms with Gasteiger partial charge in [-0.05, 0) is 69.9 Å². The van der Waals surface area contributed by atoms with Gasteiger partial charge in [0.1, 0.15) is 0 Å². The number of hydrogen-bond donors (Lipinski definition) is 0. The van der Waals surface area contributed by atoms with Gasteiger partial charge in [0, 0.05) is 11.5 Å². The fraction of sp³-hybridized carbons (Fsp3) is 0.552. The lowest BCUT2D eigenvalue weighted by atomic mass is 9.89. The van der Waals surface area contributed by atoms with Crippen molar-refractivity contribution in [1.82, 2.24) is 0 Å². The lowest BCUT2D eigenvalue weighted by Crippen LogP contribution is -2.12. The molecule has 1 unspecified atom stereocenters. The Morgan fingerprint density at radius 1 is 1.13 bits per heavy atom. The van der Waals surface area contributed by atoms with Crippen LogP contribution in [0.25, 0.3) is 0 Å². The van der Waals surface area contributed by atoms with Crippen LogP contribution in [0.2, 0.25) is 0 Å². The summed E-state index contributed by atoms with van der Waals surface area (Å²) >= 11 is 0. The van der Waals surface area contributed by atoms with E-state index in [1.54, 1.807) is 0 Å². The summed E-state index contributed by atoms with van der Waals surface area (Å²) in [7, 11) is 0. The molecule has 1 aliphatic carbocycles. The van der Waals surface area contributed by atoms with Crippen molar-refractivity contribution in [2.45, 2.75) is 93.4 Å². The highest BCUT2D eigenvalue weighted by Crippen LogP contribution is 2.39. The summed E-state index contributed by atoms with van der Waals surface area (Å²) in [4.78, 5) is 13.5. The van der Waals surface area contributed by atoms with E-state index < -0.39 is 0 Å². The van der Waals surface area contributed by atoms with E-state index in [9.17, 15) is 4.79 Å². The Kier molecular flexibility index (Phi) is 11.7. The molecule has 0 aliphatic heterocycles. The van der Waals surface area contributed by atoms with Gasteiger partial charge in [0.25, 0.3) is 0 Å². The van der Waals surface area contributed by atoms with Crippen molar-refractivity contribution < 1.29 is 4.79 Å². The molecule has 0 aromatic heterocycles. The fourth-order valence-corrected chi connectivity index (χ4v) is 4.11. The number of carbonyl (C=O) groups excluding carboxylic acids is 1. The highest BCUT2D eigenvalue weighted by atomic mass is 16.1. The number of rotatable bonds is 12. The molecule has 0 aromatic carbocycles. The Labute approximate surface area is 186 Å². The molecule has 0 N–H and O–H groups in total. The second kappa shape index (κ2) is 13.4. The molecule has 0 saturated heterocycles. The van der Waals surface area contributed by atoms with E-state index in [2.05, 4.69) is 66.3 Å². The van der Waals surface area contributed by atoms with Crippen LogP contribution in [0.1, 0.15) is 93.4 Å². The second-order valence-corrected chi connectivity index (χ2v) is 9.05. The van der Waals surface area contributed by atoms with Gasteiger partial charge in [-0.25, -0.2) is 0 Å². The lowest BCUT2D eigenvalue weighted by Gasteiger charge is -2.14. The second-order valence-electron chi connectivity index (χ2n) is 9.05. The van der Waals surface area contributed by atoms with E-state index in [4.69, 9.17) is 0 Å². The molecule has 0 aromatic rings. The third-order valence-corrected chi connectivity index (χ3v) is 6.17. The van der Waals surface area contributed by atoms with Crippen molar-refractivity contribution >= 4 is 5.78 Å². The zero-order chi connectivity index (χ0) is 22.7. The first-order valence-electron chi connectivity index (χ1n) is 11.9. The van der Waals surface area contributed by atoms with Crippen LogP contribution in [0.4, 0.5) is 0 Å². The predicted octanol–water partition coefficient (Wildman–Crippen LogP) is 8.86. The van der Waals surface area contributed by atoms with E-state index in [1.165, 1.54) is 41.6 Å². The monoisotopic (exact) mass is 408 g/mol. The largest absolute Gasteiger partial charge is 0.293 e. The van der Waals surface area contributed by atoms with Gasteiger partial charge < -0.3 is 0 Å². The fourth-order valence-electron chi connectivity index (χ4n) is 4.11. The van der Waals surface area contributed by atoms with Crippen molar-refractivity contribution in [3.05, 3.63) is 70.4 Å². The summed E-state index contributed by atoms with van der Waals surface area (Å²) in [5.41, 5.74) is 7.00. The average Bonchev–Trinajstić information content (AvgIpc) is 3.03. The van der Waals surface area contributed by atoms with Gasteiger partial charge in [-0.15, -0.1) is 0 Å². The van der Waals surface area contributed by atoms with Crippen LogP contribution in [0.5, 0.6) is 0 Å². The molecule has 0 spiro atoms. The van der Waals surface area contributed by atoms with E-state index in [0.29, 0.717) is 0 Å². The summed E-state index contributed by atoms with van der Waals surface area (Å²) < 4.78 is 0. The van der Waals surface area contributed by atoms with Crippen LogP contribution in [-0.4, -0.2) is 5.78 Å². The molecule has 1 rings (SSSR count). The topological polar surface area (TPSA) is 17.1 Å². The first-order chi connectivity index (χ1) is 14.3. The summed E-state index contributed by atoms with van der Waals surface area (Å²) in [5.74, 6) is 0.996. The molecule has 1 nitrogen and oxygen atoms in total. The normalized spacial score (nSPS) is 19.0. The van der Waals surface area contributed by atoms with Crippen LogP contribution in [-0.2, 0) is 4.79 Å². The summed E-state index contributed by atoms with van der Waals surface area (Å²) in [6.07, 6.45) is 17.9. The van der Waals surface area contributed by atoms with Gasteiger partial charge in [-0.2, -0.15) is 0 Å². The summed E-state index contributed by atoms with van der Waals surface area (Å²) in [6.45, 7) is 19.5. The minimum Gasteiger partial charge on any atom is -0.293 e. The van der Waals surface area contributed by atoms with Gasteiger partial charge in [0.05, 0.1) is 0 Å². The van der Waals surface area contributed by atoms with Crippen LogP contribution < -0.4 is 0 Å². The van der Waals surface area contributed by atoms with Crippen molar-refractivity contribution in [3.8, 4) is 0 Å². The van der Waals surface area contributed by atoms with Gasteiger partial charge in [-0.3, -0.25) is 4.79 Å². The Morgan fingerprint density at radius 2 is 1.83 bits per heavy atom. The molecule has 0 amide bonds. The molecular formula is C29H44O. The molecule has 166 valence electrons. The Balaban J connectivity index is 3.13. The smallest absolute Gasteiger partial charge is 0.170 e. The van der Waals surface area contributed by atoms with Gasteiger partial charge in [-0.1, -0.05) is 94.2 Å². The van der Waals surface area contributed by atoms with Crippen molar-refractivity contribution in [1.29, 1.82) is 0 Å². The summed E-state index contributed by atoms with van der Waals surface area (Å²) in [6, 6.07) is 0. The Morgan fingerprint density at radius 3 is 2.40 bits per heavy atom. The molecule has 30 heavy (non-hydrogen) atoms. The van der Waals surface area contributed by atoms with Gasteiger partial charge in [0.15, 0.2) is 5.78 Å². The molecule has 0 bridgehead atoms. The number of ketones is 1. The minimum absolute atomic E-state index is 0.0477. The maximum Gasteiger partial charge on any atom is 0.170 e.